The van der Waals surface area contributed by atoms with Crippen LogP contribution in [-0.2, 0) is 14.3 Å². The van der Waals surface area contributed by atoms with E-state index in [1.165, 1.54) is 0 Å². The molecule has 0 unspecified atom stereocenters. The summed E-state index contributed by atoms with van der Waals surface area (Å²) in [4.78, 5) is 46.7. The Bertz CT molecular complexity index is 742. The molecule has 0 heterocycles. The Morgan fingerprint density at radius 2 is 2.00 bits per heavy atom. The highest BCUT2D eigenvalue weighted by atomic mass is 16.6. The molecule has 26 heavy (non-hydrogen) atoms. The van der Waals surface area contributed by atoms with Crippen molar-refractivity contribution in [1.82, 2.24) is 0 Å². The van der Waals surface area contributed by atoms with Crippen molar-refractivity contribution >= 4 is 17.5 Å². The van der Waals surface area contributed by atoms with Gasteiger partial charge in [-0.2, -0.15) is 0 Å². The molecule has 1 aromatic rings. The van der Waals surface area contributed by atoms with Crippen molar-refractivity contribution < 1.29 is 24.0 Å². The molecule has 1 saturated carbocycles. The van der Waals surface area contributed by atoms with Crippen LogP contribution in [-0.4, -0.2) is 35.6 Å². The summed E-state index contributed by atoms with van der Waals surface area (Å²) in [5.74, 6) is -2.46. The molecule has 0 N–H and O–H groups in total. The number of benzene rings is 1. The van der Waals surface area contributed by atoms with Crippen LogP contribution in [0, 0.1) is 41.7 Å². The lowest BCUT2D eigenvalue weighted by molar-refractivity contribution is -0.490. The Kier molecular flexibility index (Phi) is 6.23. The second-order valence-electron chi connectivity index (χ2n) is 7.04. The lowest BCUT2D eigenvalue weighted by atomic mass is 9.88. The predicted molar refractivity (Wildman–Crippen MR) is 93.5 cm³/mol. The Labute approximate surface area is 151 Å². The molecule has 1 aromatic carbocycles. The molecular formula is C19H23NO6. The van der Waals surface area contributed by atoms with E-state index in [1.807, 2.05) is 19.1 Å². The van der Waals surface area contributed by atoms with E-state index in [1.54, 1.807) is 19.9 Å². The molecule has 1 fully saturated rings. The van der Waals surface area contributed by atoms with E-state index >= 15 is 0 Å². The van der Waals surface area contributed by atoms with Gasteiger partial charge in [0.15, 0.2) is 6.61 Å². The van der Waals surface area contributed by atoms with Crippen LogP contribution in [0.3, 0.4) is 0 Å². The van der Waals surface area contributed by atoms with Gasteiger partial charge in [-0.3, -0.25) is 24.5 Å². The van der Waals surface area contributed by atoms with Crippen LogP contribution in [0.5, 0.6) is 0 Å². The first-order valence-corrected chi connectivity index (χ1v) is 8.59. The summed E-state index contributed by atoms with van der Waals surface area (Å²) < 4.78 is 5.04. The summed E-state index contributed by atoms with van der Waals surface area (Å²) in [6, 6.07) is 5.45. The van der Waals surface area contributed by atoms with Gasteiger partial charge in [-0.25, -0.2) is 0 Å². The van der Waals surface area contributed by atoms with Gasteiger partial charge in [0.05, 0.1) is 6.42 Å². The molecule has 0 amide bonds. The van der Waals surface area contributed by atoms with Gasteiger partial charge in [-0.1, -0.05) is 24.6 Å². The average Bonchev–Trinajstić information content (AvgIpc) is 2.81. The number of ketones is 2. The summed E-state index contributed by atoms with van der Waals surface area (Å²) in [7, 11) is 0. The molecule has 7 heteroatoms. The highest BCUT2D eigenvalue weighted by Gasteiger charge is 2.44. The first-order chi connectivity index (χ1) is 12.2. The lowest BCUT2D eigenvalue weighted by Gasteiger charge is -2.17. The van der Waals surface area contributed by atoms with Crippen molar-refractivity contribution in [2.45, 2.75) is 33.6 Å². The van der Waals surface area contributed by atoms with Gasteiger partial charge in [0.25, 0.3) is 0 Å². The minimum absolute atomic E-state index is 0.137. The fraction of sp³-hybridized carbons (Fsp3) is 0.526. The zero-order valence-corrected chi connectivity index (χ0v) is 15.2. The zero-order valence-electron chi connectivity index (χ0n) is 15.2. The van der Waals surface area contributed by atoms with E-state index in [-0.39, 0.29) is 36.9 Å². The van der Waals surface area contributed by atoms with Gasteiger partial charge in [-0.15, -0.1) is 0 Å². The zero-order chi connectivity index (χ0) is 19.4. The molecule has 1 aliphatic carbocycles. The van der Waals surface area contributed by atoms with Crippen LogP contribution in [0.4, 0.5) is 0 Å². The number of carbonyl (C=O) groups excluding carboxylic acids is 3. The van der Waals surface area contributed by atoms with Crippen molar-refractivity contribution in [3.8, 4) is 0 Å². The van der Waals surface area contributed by atoms with E-state index in [0.29, 0.717) is 5.56 Å². The fourth-order valence-corrected chi connectivity index (χ4v) is 3.50. The molecule has 0 aromatic heterocycles. The van der Waals surface area contributed by atoms with E-state index < -0.39 is 29.3 Å². The Balaban J connectivity index is 1.95. The van der Waals surface area contributed by atoms with Gasteiger partial charge < -0.3 is 4.74 Å². The largest absolute Gasteiger partial charge is 0.457 e. The second-order valence-corrected chi connectivity index (χ2v) is 7.04. The van der Waals surface area contributed by atoms with E-state index in [9.17, 15) is 24.5 Å². The number of carbonyl (C=O) groups is 3. The highest BCUT2D eigenvalue weighted by molar-refractivity contribution is 5.99. The van der Waals surface area contributed by atoms with Crippen LogP contribution in [0.15, 0.2) is 18.2 Å². The summed E-state index contributed by atoms with van der Waals surface area (Å²) in [5, 5.41) is 10.8. The second kappa shape index (κ2) is 8.21. The van der Waals surface area contributed by atoms with E-state index in [4.69, 9.17) is 4.74 Å². The summed E-state index contributed by atoms with van der Waals surface area (Å²) in [6.07, 6.45) is 0.0135. The van der Waals surface area contributed by atoms with Crippen LogP contribution >= 0.6 is 0 Å². The molecule has 0 saturated heterocycles. The van der Waals surface area contributed by atoms with E-state index in [2.05, 4.69) is 0 Å². The molecule has 0 aliphatic heterocycles. The topological polar surface area (TPSA) is 104 Å². The van der Waals surface area contributed by atoms with Gasteiger partial charge in [-0.05, 0) is 31.4 Å². The molecule has 1 aliphatic rings. The molecular weight excluding hydrogens is 338 g/mol. The van der Waals surface area contributed by atoms with Gasteiger partial charge >= 0.3 is 5.97 Å². The first kappa shape index (κ1) is 19.8. The number of esters is 1. The third-order valence-corrected chi connectivity index (χ3v) is 4.99. The molecule has 0 radical (unpaired) electrons. The Morgan fingerprint density at radius 1 is 1.31 bits per heavy atom. The maximum absolute atomic E-state index is 12.3. The molecule has 0 spiro atoms. The SMILES string of the molecule is Cc1ccc(C)c(C(=O)COC(=O)C[C@@H]2C(=O)C[C@@H](C)[C@@H]2C[N+](=O)[O-])c1. The molecule has 3 atom stereocenters. The molecule has 2 rings (SSSR count). The van der Waals surface area contributed by atoms with Crippen molar-refractivity contribution in [2.24, 2.45) is 17.8 Å². The molecule has 140 valence electrons. The number of nitro groups is 1. The van der Waals surface area contributed by atoms with Crippen LogP contribution < -0.4 is 0 Å². The number of hydrogen-bond acceptors (Lipinski definition) is 6. The highest BCUT2D eigenvalue weighted by Crippen LogP contribution is 2.36. The lowest BCUT2D eigenvalue weighted by Crippen LogP contribution is -2.28. The van der Waals surface area contributed by atoms with Gasteiger partial charge in [0.2, 0.25) is 12.3 Å². The Hall–Kier alpha value is -2.57. The number of Topliss-reactive ketones (excluding diaryl/α,β-unsaturated/α-hetero) is 2. The summed E-state index contributed by atoms with van der Waals surface area (Å²) in [6.45, 7) is 4.70. The molecule has 0 bridgehead atoms. The van der Waals surface area contributed by atoms with E-state index in [0.717, 1.165) is 11.1 Å². The first-order valence-electron chi connectivity index (χ1n) is 8.59. The van der Waals surface area contributed by atoms with Crippen molar-refractivity contribution in [3.63, 3.8) is 0 Å². The smallest absolute Gasteiger partial charge is 0.306 e. The van der Waals surface area contributed by atoms with Crippen molar-refractivity contribution in [1.29, 1.82) is 0 Å². The van der Waals surface area contributed by atoms with Crippen LogP contribution in [0.25, 0.3) is 0 Å². The Morgan fingerprint density at radius 3 is 2.65 bits per heavy atom. The number of rotatable bonds is 7. The number of hydrogen-bond donors (Lipinski definition) is 0. The standard InChI is InChI=1S/C19H23NO6/c1-11-4-5-12(2)14(6-11)18(22)10-26-19(23)8-15-16(9-20(24)25)13(3)7-17(15)21/h4-6,13,15-16H,7-10H2,1-3H3/t13-,15+,16+/m1/s1. The van der Waals surface area contributed by atoms with Crippen molar-refractivity contribution in [3.05, 3.63) is 45.0 Å². The predicted octanol–water partition coefficient (Wildman–Crippen LogP) is 2.54. The minimum Gasteiger partial charge on any atom is -0.457 e. The summed E-state index contributed by atoms with van der Waals surface area (Å²) in [5.41, 5.74) is 2.22. The maximum Gasteiger partial charge on any atom is 0.306 e. The third-order valence-electron chi connectivity index (χ3n) is 4.99. The monoisotopic (exact) mass is 361 g/mol. The molecule has 7 nitrogen and oxygen atoms in total. The maximum atomic E-state index is 12.3. The number of ether oxygens (including phenoxy) is 1. The number of aryl methyl sites for hydroxylation is 2. The van der Waals surface area contributed by atoms with Crippen molar-refractivity contribution in [2.75, 3.05) is 13.2 Å². The van der Waals surface area contributed by atoms with Gasteiger partial charge in [0, 0.05) is 28.7 Å². The number of nitrogens with zero attached hydrogens (tertiary/aromatic N) is 1. The minimum atomic E-state index is -0.710. The van der Waals surface area contributed by atoms with Crippen LogP contribution in [0.1, 0.15) is 41.3 Å². The quantitative estimate of drug-likeness (QED) is 0.320. The normalized spacial score (nSPS) is 22.3. The fourth-order valence-electron chi connectivity index (χ4n) is 3.50. The third kappa shape index (κ3) is 4.74. The average molecular weight is 361 g/mol. The van der Waals surface area contributed by atoms with Crippen LogP contribution in [0.2, 0.25) is 0 Å². The van der Waals surface area contributed by atoms with Gasteiger partial charge in [0.1, 0.15) is 5.78 Å². The summed E-state index contributed by atoms with van der Waals surface area (Å²) >= 11 is 0.